The van der Waals surface area contributed by atoms with Crippen LogP contribution in [0.2, 0.25) is 0 Å². The highest BCUT2D eigenvalue weighted by molar-refractivity contribution is 5.92. The number of nitrogens with one attached hydrogen (secondary N) is 1. The molecule has 0 spiro atoms. The van der Waals surface area contributed by atoms with Crippen LogP contribution in [0.25, 0.3) is 11.4 Å². The molecule has 1 unspecified atom stereocenters. The van der Waals surface area contributed by atoms with Gasteiger partial charge in [-0.05, 0) is 62.1 Å². The molecule has 9 heteroatoms. The molecule has 1 fully saturated rings. The molecular weight excluding hydrogens is 436 g/mol. The summed E-state index contributed by atoms with van der Waals surface area (Å²) < 4.78 is 15.7. The van der Waals surface area contributed by atoms with Crippen molar-refractivity contribution in [1.82, 2.24) is 20.4 Å². The summed E-state index contributed by atoms with van der Waals surface area (Å²) in [5, 5.41) is 7.07. The van der Waals surface area contributed by atoms with E-state index >= 15 is 0 Å². The number of nitrogens with zero attached hydrogens (tertiary/aromatic N) is 3. The van der Waals surface area contributed by atoms with E-state index in [1.807, 2.05) is 24.3 Å². The molecule has 1 N–H and O–H groups in total. The average Bonchev–Trinajstić information content (AvgIpc) is 3.58. The SMILES string of the molecule is COc1ccc(-c2noc(CCCCCNC(=O)C3CCCN(C(=O)c4ccco4)C3)n2)cc1. The maximum atomic E-state index is 12.6. The molecule has 34 heavy (non-hydrogen) atoms. The van der Waals surface area contributed by atoms with Gasteiger partial charge in [-0.3, -0.25) is 9.59 Å². The number of aryl methyl sites for hydroxylation is 1. The molecule has 0 aliphatic carbocycles. The monoisotopic (exact) mass is 466 g/mol. The number of piperidine rings is 1. The minimum atomic E-state index is -0.178. The molecule has 1 aromatic carbocycles. The Labute approximate surface area is 198 Å². The van der Waals surface area contributed by atoms with Crippen LogP contribution in [0.1, 0.15) is 48.5 Å². The largest absolute Gasteiger partial charge is 0.497 e. The van der Waals surface area contributed by atoms with Crippen molar-refractivity contribution in [3.63, 3.8) is 0 Å². The summed E-state index contributed by atoms with van der Waals surface area (Å²) in [6.07, 6.45) is 6.49. The minimum Gasteiger partial charge on any atom is -0.497 e. The van der Waals surface area contributed by atoms with Crippen LogP contribution >= 0.6 is 0 Å². The average molecular weight is 467 g/mol. The fourth-order valence-corrected chi connectivity index (χ4v) is 4.08. The molecule has 0 radical (unpaired) electrons. The molecule has 1 atom stereocenters. The Kier molecular flexibility index (Phi) is 7.95. The highest BCUT2D eigenvalue weighted by Gasteiger charge is 2.29. The number of hydrogen-bond acceptors (Lipinski definition) is 7. The molecular formula is C25H30N4O5. The van der Waals surface area contributed by atoms with Gasteiger partial charge >= 0.3 is 0 Å². The summed E-state index contributed by atoms with van der Waals surface area (Å²) in [5.41, 5.74) is 0.880. The van der Waals surface area contributed by atoms with Crippen molar-refractivity contribution in [3.8, 4) is 17.1 Å². The Morgan fingerprint density at radius 3 is 2.79 bits per heavy atom. The number of hydrogen-bond donors (Lipinski definition) is 1. The molecule has 1 aliphatic heterocycles. The van der Waals surface area contributed by atoms with Gasteiger partial charge in [0, 0.05) is 31.6 Å². The van der Waals surface area contributed by atoms with Gasteiger partial charge < -0.3 is 23.9 Å². The highest BCUT2D eigenvalue weighted by atomic mass is 16.5. The van der Waals surface area contributed by atoms with Crippen molar-refractivity contribution in [3.05, 3.63) is 54.3 Å². The summed E-state index contributed by atoms with van der Waals surface area (Å²) >= 11 is 0. The lowest BCUT2D eigenvalue weighted by Gasteiger charge is -2.31. The van der Waals surface area contributed by atoms with Crippen LogP contribution in [-0.4, -0.2) is 53.6 Å². The molecule has 3 heterocycles. The number of furan rings is 1. The molecule has 0 saturated carbocycles. The van der Waals surface area contributed by atoms with Crippen molar-refractivity contribution < 1.29 is 23.3 Å². The predicted molar refractivity (Wildman–Crippen MR) is 124 cm³/mol. The van der Waals surface area contributed by atoms with Crippen LogP contribution < -0.4 is 10.1 Å². The van der Waals surface area contributed by atoms with E-state index in [1.54, 1.807) is 24.1 Å². The fourth-order valence-electron chi connectivity index (χ4n) is 4.08. The number of carbonyl (C=O) groups is 2. The summed E-state index contributed by atoms with van der Waals surface area (Å²) in [5.74, 6) is 1.95. The number of benzene rings is 1. The molecule has 9 nitrogen and oxygen atoms in total. The lowest BCUT2D eigenvalue weighted by Crippen LogP contribution is -2.45. The predicted octanol–water partition coefficient (Wildman–Crippen LogP) is 3.72. The first kappa shape index (κ1) is 23.5. The molecule has 4 rings (SSSR count). The van der Waals surface area contributed by atoms with Crippen molar-refractivity contribution in [2.24, 2.45) is 5.92 Å². The Morgan fingerprint density at radius 1 is 1.18 bits per heavy atom. The van der Waals surface area contributed by atoms with Gasteiger partial charge in [0.15, 0.2) is 5.76 Å². The lowest BCUT2D eigenvalue weighted by atomic mass is 9.97. The van der Waals surface area contributed by atoms with Gasteiger partial charge in [-0.25, -0.2) is 0 Å². The zero-order chi connectivity index (χ0) is 23.8. The third-order valence-electron chi connectivity index (χ3n) is 5.99. The lowest BCUT2D eigenvalue weighted by molar-refractivity contribution is -0.126. The van der Waals surface area contributed by atoms with Crippen molar-refractivity contribution >= 4 is 11.8 Å². The molecule has 2 amide bonds. The van der Waals surface area contributed by atoms with Gasteiger partial charge in [-0.2, -0.15) is 4.98 Å². The van der Waals surface area contributed by atoms with Crippen LogP contribution in [0, 0.1) is 5.92 Å². The summed E-state index contributed by atoms with van der Waals surface area (Å²) in [7, 11) is 1.63. The minimum absolute atomic E-state index is 0.0120. The normalized spacial score (nSPS) is 15.8. The quantitative estimate of drug-likeness (QED) is 0.453. The molecule has 0 bridgehead atoms. The molecule has 2 aromatic heterocycles. The Morgan fingerprint density at radius 2 is 2.03 bits per heavy atom. The fraction of sp³-hybridized carbons (Fsp3) is 0.440. The molecule has 180 valence electrons. The maximum Gasteiger partial charge on any atom is 0.289 e. The van der Waals surface area contributed by atoms with Gasteiger partial charge in [0.1, 0.15) is 5.75 Å². The van der Waals surface area contributed by atoms with E-state index in [9.17, 15) is 9.59 Å². The number of aromatic nitrogens is 2. The number of ether oxygens (including phenoxy) is 1. The van der Waals surface area contributed by atoms with E-state index < -0.39 is 0 Å². The molecule has 1 saturated heterocycles. The Hall–Kier alpha value is -3.62. The van der Waals surface area contributed by atoms with Crippen molar-refractivity contribution in [1.29, 1.82) is 0 Å². The summed E-state index contributed by atoms with van der Waals surface area (Å²) in [6, 6.07) is 10.9. The molecule has 3 aromatic rings. The maximum absolute atomic E-state index is 12.6. The highest BCUT2D eigenvalue weighted by Crippen LogP contribution is 2.21. The van der Waals surface area contributed by atoms with Crippen LogP contribution in [0.3, 0.4) is 0 Å². The Bertz CT molecular complexity index is 1060. The summed E-state index contributed by atoms with van der Waals surface area (Å²) in [6.45, 7) is 1.70. The second-order valence-electron chi connectivity index (χ2n) is 8.41. The first-order valence-electron chi connectivity index (χ1n) is 11.7. The second-order valence-corrected chi connectivity index (χ2v) is 8.41. The zero-order valence-electron chi connectivity index (χ0n) is 19.4. The number of likely N-dealkylation sites (tertiary alicyclic amines) is 1. The van der Waals surface area contributed by atoms with E-state index in [0.29, 0.717) is 43.5 Å². The van der Waals surface area contributed by atoms with E-state index in [0.717, 1.165) is 43.4 Å². The van der Waals surface area contributed by atoms with E-state index in [-0.39, 0.29) is 17.7 Å². The van der Waals surface area contributed by atoms with E-state index in [2.05, 4.69) is 15.5 Å². The van der Waals surface area contributed by atoms with Crippen molar-refractivity contribution in [2.75, 3.05) is 26.7 Å². The number of carbonyl (C=O) groups excluding carboxylic acids is 2. The van der Waals surface area contributed by atoms with E-state index in [1.165, 1.54) is 6.26 Å². The number of unbranched alkanes of at least 4 members (excludes halogenated alkanes) is 2. The third kappa shape index (κ3) is 6.03. The topological polar surface area (TPSA) is 111 Å². The smallest absolute Gasteiger partial charge is 0.289 e. The van der Waals surface area contributed by atoms with Crippen molar-refractivity contribution in [2.45, 2.75) is 38.5 Å². The van der Waals surface area contributed by atoms with Gasteiger partial charge in [-0.15, -0.1) is 0 Å². The van der Waals surface area contributed by atoms with Gasteiger partial charge in [0.05, 0.1) is 19.3 Å². The second kappa shape index (κ2) is 11.5. The standard InChI is InChI=1S/C25H30N4O5/c1-32-20-12-10-18(11-13-20)23-27-22(34-28-23)9-3-2-4-14-26-24(30)19-7-5-15-29(17-19)25(31)21-8-6-16-33-21/h6,8,10-13,16,19H,2-5,7,9,14-15,17H2,1H3,(H,26,30). The van der Waals surface area contributed by atoms with Crippen LogP contribution in [0.4, 0.5) is 0 Å². The zero-order valence-corrected chi connectivity index (χ0v) is 19.4. The van der Waals surface area contributed by atoms with E-state index in [4.69, 9.17) is 13.7 Å². The number of amides is 2. The third-order valence-corrected chi connectivity index (χ3v) is 5.99. The van der Waals surface area contributed by atoms with Crippen LogP contribution in [-0.2, 0) is 11.2 Å². The number of rotatable bonds is 10. The Balaban J connectivity index is 1.13. The molecule has 1 aliphatic rings. The first-order valence-corrected chi connectivity index (χ1v) is 11.7. The van der Waals surface area contributed by atoms with Gasteiger partial charge in [-0.1, -0.05) is 11.6 Å². The summed E-state index contributed by atoms with van der Waals surface area (Å²) in [4.78, 5) is 31.2. The van der Waals surface area contributed by atoms with Gasteiger partial charge in [0.2, 0.25) is 17.6 Å². The van der Waals surface area contributed by atoms with Crippen LogP contribution in [0.15, 0.2) is 51.6 Å². The number of methoxy groups -OCH3 is 1. The first-order chi connectivity index (χ1) is 16.6. The van der Waals surface area contributed by atoms with Gasteiger partial charge in [0.25, 0.3) is 5.91 Å². The van der Waals surface area contributed by atoms with Crippen LogP contribution in [0.5, 0.6) is 5.75 Å².